The summed E-state index contributed by atoms with van der Waals surface area (Å²) in [6, 6.07) is 14.8. The van der Waals surface area contributed by atoms with Crippen LogP contribution in [0.1, 0.15) is 23.7 Å². The molecule has 0 bridgehead atoms. The van der Waals surface area contributed by atoms with E-state index in [4.69, 9.17) is 4.98 Å². The highest BCUT2D eigenvalue weighted by Gasteiger charge is 2.23. The van der Waals surface area contributed by atoms with E-state index in [2.05, 4.69) is 10.2 Å². The first-order valence-electron chi connectivity index (χ1n) is 10.6. The fourth-order valence-electron chi connectivity index (χ4n) is 4.45. The number of aliphatic hydroxyl groups excluding tert-OH is 1. The topological polar surface area (TPSA) is 86.9 Å². The fraction of sp³-hybridized carbons (Fsp3) is 0.292. The number of hydrogen-bond donors (Lipinski definition) is 2. The number of hydrogen-bond acceptors (Lipinski definition) is 5. The van der Waals surface area contributed by atoms with Crippen LogP contribution in [0.5, 0.6) is 0 Å². The minimum Gasteiger partial charge on any atom is -0.392 e. The predicted molar refractivity (Wildman–Crippen MR) is 120 cm³/mol. The Morgan fingerprint density at radius 2 is 2.03 bits per heavy atom. The van der Waals surface area contributed by atoms with E-state index in [1.165, 1.54) is 4.40 Å². The van der Waals surface area contributed by atoms with E-state index in [-0.39, 0.29) is 23.6 Å². The van der Waals surface area contributed by atoms with E-state index >= 15 is 0 Å². The van der Waals surface area contributed by atoms with Gasteiger partial charge in [-0.1, -0.05) is 30.3 Å². The Balaban J connectivity index is 1.55. The average Bonchev–Trinajstić information content (AvgIpc) is 3.17. The summed E-state index contributed by atoms with van der Waals surface area (Å²) in [5.41, 5.74) is 1.11. The highest BCUT2D eigenvalue weighted by atomic mass is 16.3. The Kier molecular flexibility index (Phi) is 4.92. The average molecular weight is 416 g/mol. The number of rotatable bonds is 4. The largest absolute Gasteiger partial charge is 0.392 e. The molecular weight excluding hydrogens is 392 g/mol. The number of aliphatic hydroxyl groups is 1. The molecule has 0 aliphatic carbocycles. The number of carbonyl (C=O) groups excluding carboxylic acids is 1. The molecule has 1 aliphatic heterocycles. The van der Waals surface area contributed by atoms with E-state index in [0.29, 0.717) is 35.2 Å². The normalized spacial score (nSPS) is 18.1. The maximum atomic E-state index is 13.2. The summed E-state index contributed by atoms with van der Waals surface area (Å²) in [5.74, 6) is -0.267. The molecule has 1 amide bonds. The highest BCUT2D eigenvalue weighted by Crippen LogP contribution is 2.23. The summed E-state index contributed by atoms with van der Waals surface area (Å²) in [5, 5.41) is 15.1. The molecule has 0 radical (unpaired) electrons. The van der Waals surface area contributed by atoms with Gasteiger partial charge in [-0.25, -0.2) is 4.98 Å². The maximum Gasteiger partial charge on any atom is 0.265 e. The minimum atomic E-state index is -0.292. The second-order valence-corrected chi connectivity index (χ2v) is 8.29. The van der Waals surface area contributed by atoms with Crippen LogP contribution >= 0.6 is 0 Å². The van der Waals surface area contributed by atoms with Crippen molar-refractivity contribution >= 4 is 33.2 Å². The molecule has 31 heavy (non-hydrogen) atoms. The third-order valence-electron chi connectivity index (χ3n) is 5.94. The van der Waals surface area contributed by atoms with Crippen LogP contribution in [0.15, 0.2) is 59.5 Å². The molecule has 0 saturated carbocycles. The van der Waals surface area contributed by atoms with E-state index in [1.54, 1.807) is 24.4 Å². The zero-order chi connectivity index (χ0) is 21.5. The third kappa shape index (κ3) is 3.56. The molecule has 0 unspecified atom stereocenters. The molecule has 2 aromatic heterocycles. The molecule has 2 atom stereocenters. The van der Waals surface area contributed by atoms with E-state index in [0.717, 1.165) is 23.7 Å². The van der Waals surface area contributed by atoms with Crippen LogP contribution in [-0.4, -0.2) is 57.1 Å². The summed E-state index contributed by atoms with van der Waals surface area (Å²) >= 11 is 0. The van der Waals surface area contributed by atoms with Crippen molar-refractivity contribution in [1.29, 1.82) is 0 Å². The first-order chi connectivity index (χ1) is 15.0. The quantitative estimate of drug-likeness (QED) is 0.393. The van der Waals surface area contributed by atoms with Crippen LogP contribution in [0.3, 0.4) is 0 Å². The summed E-state index contributed by atoms with van der Waals surface area (Å²) in [7, 11) is 0. The third-order valence-corrected chi connectivity index (χ3v) is 5.94. The van der Waals surface area contributed by atoms with Gasteiger partial charge in [0.25, 0.3) is 11.5 Å². The van der Waals surface area contributed by atoms with Gasteiger partial charge in [0.2, 0.25) is 0 Å². The zero-order valence-corrected chi connectivity index (χ0v) is 17.3. The van der Waals surface area contributed by atoms with Crippen molar-refractivity contribution in [2.24, 2.45) is 0 Å². The summed E-state index contributed by atoms with van der Waals surface area (Å²) in [6.07, 6.45) is 2.11. The van der Waals surface area contributed by atoms with Crippen LogP contribution in [0.2, 0.25) is 0 Å². The molecule has 2 N–H and O–H groups in total. The zero-order valence-electron chi connectivity index (χ0n) is 17.3. The fourth-order valence-corrected chi connectivity index (χ4v) is 4.45. The van der Waals surface area contributed by atoms with Crippen molar-refractivity contribution in [3.05, 3.63) is 70.6 Å². The monoisotopic (exact) mass is 416 g/mol. The molecule has 158 valence electrons. The smallest absolute Gasteiger partial charge is 0.265 e. The standard InChI is InChI=1S/C24H24N4O3/c1-15(13-27-12-10-17(29)14-27)25-23(30)20-7-4-11-28-22(20)26-21-18-6-3-2-5-16(18)8-9-19(21)24(28)31/h2-9,11,15,17,29H,10,12-14H2,1H3,(H,25,30)/t15-,17-/m0/s1. The highest BCUT2D eigenvalue weighted by molar-refractivity contribution is 6.07. The Morgan fingerprint density at radius 3 is 2.84 bits per heavy atom. The number of carbonyl (C=O) groups is 1. The van der Waals surface area contributed by atoms with E-state index < -0.39 is 0 Å². The number of amides is 1. The number of pyridine rings is 1. The first kappa shape index (κ1) is 19.7. The van der Waals surface area contributed by atoms with Crippen LogP contribution in [0.4, 0.5) is 0 Å². The Labute approximate surface area is 178 Å². The van der Waals surface area contributed by atoms with Gasteiger partial charge in [-0.15, -0.1) is 0 Å². The number of β-amino-alcohol motifs (C(OH)–C–C–N with tert-alkyl or cyclic N) is 1. The van der Waals surface area contributed by atoms with Crippen molar-refractivity contribution in [3.63, 3.8) is 0 Å². The summed E-state index contributed by atoms with van der Waals surface area (Å²) < 4.78 is 1.44. The van der Waals surface area contributed by atoms with Gasteiger partial charge in [0, 0.05) is 37.3 Å². The molecule has 7 heteroatoms. The van der Waals surface area contributed by atoms with Crippen LogP contribution in [0, 0.1) is 0 Å². The number of fused-ring (bicyclic) bond motifs is 4. The van der Waals surface area contributed by atoms with Gasteiger partial charge in [0.15, 0.2) is 5.65 Å². The lowest BCUT2D eigenvalue weighted by Crippen LogP contribution is -2.41. The lowest BCUT2D eigenvalue weighted by atomic mass is 10.1. The summed E-state index contributed by atoms with van der Waals surface area (Å²) in [6.45, 7) is 4.06. The second kappa shape index (κ2) is 7.76. The first-order valence-corrected chi connectivity index (χ1v) is 10.6. The van der Waals surface area contributed by atoms with Gasteiger partial charge in [-0.2, -0.15) is 0 Å². The van der Waals surface area contributed by atoms with Gasteiger partial charge in [0.1, 0.15) is 0 Å². The van der Waals surface area contributed by atoms with Crippen LogP contribution in [0.25, 0.3) is 27.3 Å². The van der Waals surface area contributed by atoms with Gasteiger partial charge in [-0.3, -0.25) is 18.9 Å². The van der Waals surface area contributed by atoms with Gasteiger partial charge < -0.3 is 10.4 Å². The number of benzene rings is 2. The van der Waals surface area contributed by atoms with Crippen molar-refractivity contribution in [1.82, 2.24) is 19.6 Å². The lowest BCUT2D eigenvalue weighted by molar-refractivity contribution is 0.0931. The van der Waals surface area contributed by atoms with Crippen molar-refractivity contribution in [2.45, 2.75) is 25.5 Å². The van der Waals surface area contributed by atoms with E-state index in [1.807, 2.05) is 37.3 Å². The SMILES string of the molecule is C[C@@H](CN1CC[C@H](O)C1)NC(=O)c1cccn2c(=O)c3ccc4ccccc4c3nc12. The molecule has 2 aromatic carbocycles. The van der Waals surface area contributed by atoms with Crippen LogP contribution in [-0.2, 0) is 0 Å². The molecule has 7 nitrogen and oxygen atoms in total. The number of likely N-dealkylation sites (tertiary alicyclic amines) is 1. The second-order valence-electron chi connectivity index (χ2n) is 8.29. The molecule has 4 aromatic rings. The number of nitrogens with zero attached hydrogens (tertiary/aromatic N) is 3. The van der Waals surface area contributed by atoms with Gasteiger partial charge >= 0.3 is 0 Å². The molecule has 3 heterocycles. The van der Waals surface area contributed by atoms with Crippen molar-refractivity contribution < 1.29 is 9.90 Å². The Bertz CT molecular complexity index is 1360. The molecule has 5 rings (SSSR count). The Hall–Kier alpha value is -3.29. The lowest BCUT2D eigenvalue weighted by Gasteiger charge is -2.21. The number of nitrogens with one attached hydrogen (secondary N) is 1. The van der Waals surface area contributed by atoms with Gasteiger partial charge in [-0.05, 0) is 36.9 Å². The van der Waals surface area contributed by atoms with Crippen LogP contribution < -0.4 is 10.9 Å². The Morgan fingerprint density at radius 1 is 1.19 bits per heavy atom. The molecular formula is C24H24N4O3. The summed E-state index contributed by atoms with van der Waals surface area (Å²) in [4.78, 5) is 33.1. The molecule has 1 aliphatic rings. The van der Waals surface area contributed by atoms with Crippen molar-refractivity contribution in [3.8, 4) is 0 Å². The number of aromatic nitrogens is 2. The van der Waals surface area contributed by atoms with Gasteiger partial charge in [0.05, 0.1) is 22.6 Å². The van der Waals surface area contributed by atoms with Crippen molar-refractivity contribution in [2.75, 3.05) is 19.6 Å². The molecule has 0 spiro atoms. The molecule has 1 saturated heterocycles. The predicted octanol–water partition coefficient (Wildman–Crippen LogP) is 2.19. The van der Waals surface area contributed by atoms with E-state index in [9.17, 15) is 14.7 Å². The minimum absolute atomic E-state index is 0.105. The maximum absolute atomic E-state index is 13.2. The molecule has 1 fully saturated rings.